The van der Waals surface area contributed by atoms with Gasteiger partial charge in [-0.05, 0) is 167 Å². The molecule has 0 bridgehead atoms. The lowest BCUT2D eigenvalue weighted by atomic mass is 9.36. The van der Waals surface area contributed by atoms with Crippen molar-refractivity contribution in [1.29, 1.82) is 0 Å². The van der Waals surface area contributed by atoms with E-state index in [2.05, 4.69) is 242 Å². The fourth-order valence-electron chi connectivity index (χ4n) is 12.6. The van der Waals surface area contributed by atoms with Crippen molar-refractivity contribution in [1.82, 2.24) is 0 Å². The molecule has 2 atom stereocenters. The van der Waals surface area contributed by atoms with Gasteiger partial charge in [0, 0.05) is 54.9 Å². The summed E-state index contributed by atoms with van der Waals surface area (Å²) in [6.07, 6.45) is 20.8. The van der Waals surface area contributed by atoms with Gasteiger partial charge in [0.15, 0.2) is 0 Å². The molecule has 70 heavy (non-hydrogen) atoms. The molecule has 0 saturated heterocycles. The van der Waals surface area contributed by atoms with Crippen LogP contribution in [0.1, 0.15) is 120 Å². The first-order chi connectivity index (χ1) is 33.6. The van der Waals surface area contributed by atoms with E-state index in [-0.39, 0.29) is 28.9 Å². The molecule has 12 rings (SSSR count). The van der Waals surface area contributed by atoms with E-state index in [0.717, 1.165) is 24.2 Å². The van der Waals surface area contributed by atoms with Crippen LogP contribution in [0.25, 0.3) is 10.1 Å². The summed E-state index contributed by atoms with van der Waals surface area (Å²) in [4.78, 5) is 7.87. The van der Waals surface area contributed by atoms with Crippen molar-refractivity contribution in [3.8, 4) is 0 Å². The predicted octanol–water partition coefficient (Wildman–Crippen LogP) is 16.5. The van der Waals surface area contributed by atoms with Crippen LogP contribution in [-0.4, -0.2) is 6.71 Å². The molecule has 0 spiro atoms. The van der Waals surface area contributed by atoms with E-state index in [4.69, 9.17) is 0 Å². The summed E-state index contributed by atoms with van der Waals surface area (Å²) in [5.74, 6) is 0.677. The van der Waals surface area contributed by atoms with E-state index in [1.807, 2.05) is 11.3 Å². The molecule has 0 saturated carbocycles. The van der Waals surface area contributed by atoms with Gasteiger partial charge >= 0.3 is 0 Å². The molecule has 5 aliphatic rings. The average molecular weight is 932 g/mol. The molecule has 6 aromatic carbocycles. The van der Waals surface area contributed by atoms with Gasteiger partial charge in [0.2, 0.25) is 0 Å². The Morgan fingerprint density at radius 1 is 0.671 bits per heavy atom. The first-order valence-corrected chi connectivity index (χ1v) is 26.7. The van der Waals surface area contributed by atoms with E-state index in [1.165, 1.54) is 112 Å². The number of para-hydroxylation sites is 2. The zero-order chi connectivity index (χ0) is 48.4. The largest absolute Gasteiger partial charge is 0.311 e. The smallest absolute Gasteiger partial charge is 0.264 e. The zero-order valence-electron chi connectivity index (χ0n) is 42.8. The van der Waals surface area contributed by atoms with E-state index in [1.54, 1.807) is 0 Å². The van der Waals surface area contributed by atoms with Crippen LogP contribution < -0.4 is 30.4 Å². The van der Waals surface area contributed by atoms with Crippen molar-refractivity contribution in [2.45, 2.75) is 117 Å². The summed E-state index contributed by atoms with van der Waals surface area (Å²) < 4.78 is 2.81. The van der Waals surface area contributed by atoms with Crippen LogP contribution in [0.15, 0.2) is 163 Å². The lowest BCUT2D eigenvalue weighted by Gasteiger charge is -2.45. The molecular weight excluding hydrogens is 866 g/mol. The molecule has 0 radical (unpaired) electrons. The monoisotopic (exact) mass is 932 g/mol. The minimum atomic E-state index is 0.0115. The van der Waals surface area contributed by atoms with Crippen molar-refractivity contribution < 1.29 is 0 Å². The number of hydrogen-bond acceptors (Lipinski definition) is 4. The molecule has 3 aliphatic carbocycles. The van der Waals surface area contributed by atoms with Crippen molar-refractivity contribution in [3.63, 3.8) is 0 Å². The summed E-state index contributed by atoms with van der Waals surface area (Å²) in [6.45, 7) is 23.8. The molecule has 2 aliphatic heterocycles. The number of thiophene rings is 1. The SMILES string of the molecule is Cc1cccc(C)c1N1c2cc(C3C=CC=CC3C)ccc2B2c3sc4cc5c(cc4c3N(c3ccc(C(C)(C)C)cc3)c3cc(N(C4=CCCC=C4)c4ccccc4)cc1c32)C(C)(C)CCC5(C)C. The summed E-state index contributed by atoms with van der Waals surface area (Å²) in [5, 5.41) is 1.36. The summed E-state index contributed by atoms with van der Waals surface area (Å²) in [6, 6.07) is 45.3. The molecule has 0 N–H and O–H groups in total. The molecule has 3 heterocycles. The van der Waals surface area contributed by atoms with E-state index in [9.17, 15) is 0 Å². The molecule has 5 heteroatoms. The maximum absolute atomic E-state index is 2.68. The number of allylic oxidation sites excluding steroid dienone is 7. The van der Waals surface area contributed by atoms with Crippen LogP contribution in [0.2, 0.25) is 0 Å². The number of rotatable bonds is 6. The van der Waals surface area contributed by atoms with Gasteiger partial charge in [-0.2, -0.15) is 0 Å². The molecule has 3 nitrogen and oxygen atoms in total. The zero-order valence-corrected chi connectivity index (χ0v) is 43.6. The third-order valence-electron chi connectivity index (χ3n) is 16.6. The van der Waals surface area contributed by atoms with Crippen LogP contribution in [0.5, 0.6) is 0 Å². The molecule has 1 aromatic heterocycles. The number of nitrogens with zero attached hydrogens (tertiary/aromatic N) is 3. The Kier molecular flexibility index (Phi) is 10.5. The maximum Gasteiger partial charge on any atom is 0.264 e. The van der Waals surface area contributed by atoms with E-state index >= 15 is 0 Å². The number of fused-ring (bicyclic) bond motifs is 7. The Bertz CT molecular complexity index is 3350. The van der Waals surface area contributed by atoms with Gasteiger partial charge in [-0.25, -0.2) is 0 Å². The first-order valence-electron chi connectivity index (χ1n) is 25.9. The van der Waals surface area contributed by atoms with Gasteiger partial charge in [0.1, 0.15) is 0 Å². The summed E-state index contributed by atoms with van der Waals surface area (Å²) in [7, 11) is 0. The van der Waals surface area contributed by atoms with Gasteiger partial charge in [-0.1, -0.05) is 153 Å². The van der Waals surface area contributed by atoms with Crippen molar-refractivity contribution in [2.24, 2.45) is 5.92 Å². The second-order valence-corrected chi connectivity index (χ2v) is 24.4. The average Bonchev–Trinajstić information content (AvgIpc) is 3.72. The topological polar surface area (TPSA) is 9.72 Å². The highest BCUT2D eigenvalue weighted by molar-refractivity contribution is 7.33. The highest BCUT2D eigenvalue weighted by atomic mass is 32.1. The fraction of sp³-hybridized carbons (Fsp3) is 0.292. The third kappa shape index (κ3) is 7.12. The van der Waals surface area contributed by atoms with Crippen LogP contribution in [0, 0.1) is 19.8 Å². The van der Waals surface area contributed by atoms with Crippen LogP contribution in [-0.2, 0) is 16.2 Å². The Morgan fingerprint density at radius 2 is 1.36 bits per heavy atom. The van der Waals surface area contributed by atoms with E-state index in [0.29, 0.717) is 5.92 Å². The highest BCUT2D eigenvalue weighted by Crippen LogP contribution is 2.54. The maximum atomic E-state index is 2.68. The number of benzene rings is 6. The molecular formula is C65H66BN3S. The van der Waals surface area contributed by atoms with Crippen molar-refractivity contribution >= 4 is 89.3 Å². The Hall–Kier alpha value is -6.30. The van der Waals surface area contributed by atoms with Crippen LogP contribution in [0.4, 0.5) is 45.5 Å². The second kappa shape index (κ2) is 16.4. The van der Waals surface area contributed by atoms with Crippen molar-refractivity contribution in [3.05, 3.63) is 197 Å². The van der Waals surface area contributed by atoms with Gasteiger partial charge in [0.25, 0.3) is 6.71 Å². The molecule has 350 valence electrons. The second-order valence-electron chi connectivity index (χ2n) is 23.3. The van der Waals surface area contributed by atoms with Gasteiger partial charge in [-0.3, -0.25) is 0 Å². The Labute approximate surface area is 421 Å². The minimum absolute atomic E-state index is 0.0115. The Balaban J connectivity index is 1.24. The summed E-state index contributed by atoms with van der Waals surface area (Å²) >= 11 is 2.04. The quantitative estimate of drug-likeness (QED) is 0.154. The molecule has 0 amide bonds. The van der Waals surface area contributed by atoms with Crippen LogP contribution >= 0.6 is 11.3 Å². The van der Waals surface area contributed by atoms with Gasteiger partial charge < -0.3 is 14.7 Å². The Morgan fingerprint density at radius 3 is 2.03 bits per heavy atom. The normalized spacial score (nSPS) is 19.4. The molecule has 2 unspecified atom stereocenters. The van der Waals surface area contributed by atoms with Crippen molar-refractivity contribution in [2.75, 3.05) is 14.7 Å². The first kappa shape index (κ1) is 44.9. The van der Waals surface area contributed by atoms with Crippen LogP contribution in [0.3, 0.4) is 0 Å². The molecule has 0 fully saturated rings. The lowest BCUT2D eigenvalue weighted by molar-refractivity contribution is 0.332. The lowest BCUT2D eigenvalue weighted by Crippen LogP contribution is -2.60. The third-order valence-corrected chi connectivity index (χ3v) is 17.8. The number of hydrogen-bond donors (Lipinski definition) is 0. The standard InChI is InChI=1S/C65H66BN3S/c1-41-20-17-18-27-50(41)44-28-33-54-55(36-44)69(60-42(2)21-19-22-43(60)3)57-38-49(67(46-23-13-11-14-24-46)47-25-15-12-16-26-47)37-56-59(57)66(54)62-61(68(56)48-31-29-45(30-32-48)63(4,5)6)51-39-52-53(40-58(51)70-62)65(9,10)35-34-64(52,7)8/h11,13-15,17-33,36-41,50H,12,16,34-35H2,1-10H3. The fourth-order valence-corrected chi connectivity index (χ4v) is 13.9. The molecule has 7 aromatic rings. The number of anilines is 8. The van der Waals surface area contributed by atoms with Gasteiger partial charge in [0.05, 0.1) is 17.1 Å². The highest BCUT2D eigenvalue weighted by Gasteiger charge is 2.47. The van der Waals surface area contributed by atoms with Gasteiger partial charge in [-0.15, -0.1) is 11.3 Å². The predicted molar refractivity (Wildman–Crippen MR) is 305 cm³/mol. The number of aryl methyl sites for hydroxylation is 2. The summed E-state index contributed by atoms with van der Waals surface area (Å²) in [5.41, 5.74) is 22.2. The minimum Gasteiger partial charge on any atom is -0.311 e. The van der Waals surface area contributed by atoms with E-state index < -0.39 is 0 Å².